The van der Waals surface area contributed by atoms with Crippen molar-refractivity contribution >= 4 is 10.0 Å². The maximum absolute atomic E-state index is 11.9. The molecule has 0 saturated heterocycles. The highest BCUT2D eigenvalue weighted by atomic mass is 32.2. The van der Waals surface area contributed by atoms with Gasteiger partial charge in [0.2, 0.25) is 10.0 Å². The van der Waals surface area contributed by atoms with E-state index in [0.29, 0.717) is 6.54 Å². The molecule has 0 radical (unpaired) electrons. The van der Waals surface area contributed by atoms with Crippen LogP contribution < -0.4 is 10.5 Å². The van der Waals surface area contributed by atoms with Crippen molar-refractivity contribution in [3.63, 3.8) is 0 Å². The van der Waals surface area contributed by atoms with Crippen molar-refractivity contribution in [1.29, 1.82) is 0 Å². The quantitative estimate of drug-likeness (QED) is 0.647. The summed E-state index contributed by atoms with van der Waals surface area (Å²) in [5.74, 6) is 0.275. The zero-order chi connectivity index (χ0) is 13.0. The number of aromatic nitrogens is 4. The summed E-state index contributed by atoms with van der Waals surface area (Å²) in [6.45, 7) is 0.355. The molecule has 1 heterocycles. The molecule has 1 aromatic carbocycles. The Kier molecular flexibility index (Phi) is 3.65. The second kappa shape index (κ2) is 5.21. The average molecular weight is 268 g/mol. The molecule has 0 amide bonds. The highest BCUT2D eigenvalue weighted by Crippen LogP contribution is 2.10. The number of rotatable bonds is 5. The summed E-state index contributed by atoms with van der Waals surface area (Å²) >= 11 is 0. The summed E-state index contributed by atoms with van der Waals surface area (Å²) in [6, 6.07) is 6.34. The fourth-order valence-corrected chi connectivity index (χ4v) is 2.29. The number of tetrazole rings is 1. The number of hydrogen-bond donors (Lipinski definition) is 3. The van der Waals surface area contributed by atoms with Gasteiger partial charge in [-0.3, -0.25) is 0 Å². The lowest BCUT2D eigenvalue weighted by atomic mass is 10.2. The molecule has 0 bridgehead atoms. The summed E-state index contributed by atoms with van der Waals surface area (Å²) in [7, 11) is -3.57. The minimum atomic E-state index is -3.57. The number of H-pyrrole nitrogens is 1. The molecule has 0 aliphatic heterocycles. The van der Waals surface area contributed by atoms with Gasteiger partial charge < -0.3 is 5.73 Å². The minimum Gasteiger partial charge on any atom is -0.326 e. The van der Waals surface area contributed by atoms with Crippen LogP contribution in [0.3, 0.4) is 0 Å². The Bertz CT molecular complexity index is 592. The number of hydrogen-bond acceptors (Lipinski definition) is 6. The van der Waals surface area contributed by atoms with E-state index in [9.17, 15) is 8.42 Å². The van der Waals surface area contributed by atoms with Gasteiger partial charge in [0.15, 0.2) is 5.82 Å². The largest absolute Gasteiger partial charge is 0.326 e. The smallest absolute Gasteiger partial charge is 0.240 e. The first kappa shape index (κ1) is 12.6. The standard InChI is InChI=1S/C9H12N6O2S/c10-5-7-1-3-8(4-2-7)18(16,17)11-6-9-12-14-15-13-9/h1-4,11H,5-6,10H2,(H,12,13,14,15). The van der Waals surface area contributed by atoms with Crippen molar-refractivity contribution in [2.75, 3.05) is 0 Å². The third-order valence-corrected chi connectivity index (χ3v) is 3.70. The van der Waals surface area contributed by atoms with Gasteiger partial charge in [-0.2, -0.15) is 5.21 Å². The van der Waals surface area contributed by atoms with Gasteiger partial charge >= 0.3 is 0 Å². The second-order valence-corrected chi connectivity index (χ2v) is 5.27. The summed E-state index contributed by atoms with van der Waals surface area (Å²) < 4.78 is 26.2. The maximum Gasteiger partial charge on any atom is 0.240 e. The summed E-state index contributed by atoms with van der Waals surface area (Å²) in [4.78, 5) is 0.170. The van der Waals surface area contributed by atoms with E-state index in [1.165, 1.54) is 12.1 Å². The molecule has 0 aliphatic carbocycles. The van der Waals surface area contributed by atoms with Crippen molar-refractivity contribution in [2.24, 2.45) is 5.73 Å². The van der Waals surface area contributed by atoms with E-state index in [0.717, 1.165) is 5.56 Å². The lowest BCUT2D eigenvalue weighted by Gasteiger charge is -2.05. The molecule has 0 aliphatic rings. The summed E-state index contributed by atoms with van der Waals surface area (Å²) in [5.41, 5.74) is 6.31. The van der Waals surface area contributed by atoms with E-state index in [4.69, 9.17) is 5.73 Å². The van der Waals surface area contributed by atoms with Crippen molar-refractivity contribution in [2.45, 2.75) is 18.0 Å². The Hall–Kier alpha value is -1.84. The zero-order valence-electron chi connectivity index (χ0n) is 9.37. The number of aromatic amines is 1. The molecule has 0 spiro atoms. The van der Waals surface area contributed by atoms with Gasteiger partial charge in [0.1, 0.15) is 0 Å². The minimum absolute atomic E-state index is 0.0164. The van der Waals surface area contributed by atoms with Crippen LogP contribution in [0.1, 0.15) is 11.4 Å². The fourth-order valence-electron chi connectivity index (χ4n) is 1.30. The van der Waals surface area contributed by atoms with Crippen LogP contribution in [0, 0.1) is 0 Å². The van der Waals surface area contributed by atoms with E-state index >= 15 is 0 Å². The number of nitrogens with two attached hydrogens (primary N) is 1. The number of nitrogens with one attached hydrogen (secondary N) is 2. The first-order valence-corrected chi connectivity index (χ1v) is 6.61. The van der Waals surface area contributed by atoms with Crippen molar-refractivity contribution in [1.82, 2.24) is 25.3 Å². The fraction of sp³-hybridized carbons (Fsp3) is 0.222. The summed E-state index contributed by atoms with van der Waals surface area (Å²) in [5, 5.41) is 12.9. The topological polar surface area (TPSA) is 127 Å². The third kappa shape index (κ3) is 2.88. The molecule has 0 saturated carbocycles. The number of benzene rings is 1. The van der Waals surface area contributed by atoms with Crippen LogP contribution in [-0.4, -0.2) is 29.0 Å². The molecule has 18 heavy (non-hydrogen) atoms. The van der Waals surface area contributed by atoms with Crippen LogP contribution in [0.4, 0.5) is 0 Å². The zero-order valence-corrected chi connectivity index (χ0v) is 10.2. The second-order valence-electron chi connectivity index (χ2n) is 3.50. The molecule has 2 aromatic rings. The summed E-state index contributed by atoms with van der Waals surface area (Å²) in [6.07, 6.45) is 0. The highest BCUT2D eigenvalue weighted by Gasteiger charge is 2.14. The predicted octanol–water partition coefficient (Wildman–Crippen LogP) is -0.863. The molecule has 0 unspecified atom stereocenters. The molecule has 4 N–H and O–H groups in total. The van der Waals surface area contributed by atoms with Crippen LogP contribution in [-0.2, 0) is 23.1 Å². The van der Waals surface area contributed by atoms with Crippen LogP contribution in [0.5, 0.6) is 0 Å². The Morgan fingerprint density at radius 1 is 1.28 bits per heavy atom. The van der Waals surface area contributed by atoms with Crippen LogP contribution >= 0.6 is 0 Å². The Balaban J connectivity index is 2.09. The first-order chi connectivity index (χ1) is 8.62. The van der Waals surface area contributed by atoms with Gasteiger partial charge in [-0.15, -0.1) is 10.2 Å². The first-order valence-electron chi connectivity index (χ1n) is 5.13. The molecular weight excluding hydrogens is 256 g/mol. The Morgan fingerprint density at radius 3 is 2.56 bits per heavy atom. The predicted molar refractivity (Wildman–Crippen MR) is 62.5 cm³/mol. The molecule has 8 nitrogen and oxygen atoms in total. The Morgan fingerprint density at radius 2 is 2.00 bits per heavy atom. The van der Waals surface area contributed by atoms with E-state index < -0.39 is 10.0 Å². The van der Waals surface area contributed by atoms with Gasteiger partial charge in [-0.05, 0) is 17.7 Å². The van der Waals surface area contributed by atoms with Crippen LogP contribution in [0.25, 0.3) is 0 Å². The van der Waals surface area contributed by atoms with Gasteiger partial charge in [-0.1, -0.05) is 17.3 Å². The lowest BCUT2D eigenvalue weighted by molar-refractivity contribution is 0.579. The molecule has 0 atom stereocenters. The monoisotopic (exact) mass is 268 g/mol. The van der Waals surface area contributed by atoms with E-state index in [1.54, 1.807) is 12.1 Å². The third-order valence-electron chi connectivity index (χ3n) is 2.28. The molecule has 1 aromatic heterocycles. The highest BCUT2D eigenvalue weighted by molar-refractivity contribution is 7.89. The van der Waals surface area contributed by atoms with Gasteiger partial charge in [-0.25, -0.2) is 13.1 Å². The van der Waals surface area contributed by atoms with Gasteiger partial charge in [0.25, 0.3) is 0 Å². The number of nitrogens with zero attached hydrogens (tertiary/aromatic N) is 3. The van der Waals surface area contributed by atoms with E-state index in [2.05, 4.69) is 25.3 Å². The molecule has 0 fully saturated rings. The molecule has 9 heteroatoms. The molecule has 2 rings (SSSR count). The normalized spacial score (nSPS) is 11.6. The molecule has 96 valence electrons. The van der Waals surface area contributed by atoms with Crippen molar-refractivity contribution in [3.05, 3.63) is 35.7 Å². The van der Waals surface area contributed by atoms with Gasteiger partial charge in [0.05, 0.1) is 11.4 Å². The average Bonchev–Trinajstić information content (AvgIpc) is 2.90. The van der Waals surface area contributed by atoms with Crippen LogP contribution in [0.2, 0.25) is 0 Å². The lowest BCUT2D eigenvalue weighted by Crippen LogP contribution is -2.23. The maximum atomic E-state index is 11.9. The van der Waals surface area contributed by atoms with Gasteiger partial charge in [0, 0.05) is 6.54 Å². The molecular formula is C9H12N6O2S. The Labute approximate surface area is 104 Å². The van der Waals surface area contributed by atoms with Crippen molar-refractivity contribution < 1.29 is 8.42 Å². The SMILES string of the molecule is NCc1ccc(S(=O)(=O)NCc2nn[nH]n2)cc1. The number of sulfonamides is 1. The van der Waals surface area contributed by atoms with Crippen molar-refractivity contribution in [3.8, 4) is 0 Å². The van der Waals surface area contributed by atoms with E-state index in [1.807, 2.05) is 0 Å². The van der Waals surface area contributed by atoms with Crippen LogP contribution in [0.15, 0.2) is 29.2 Å². The van der Waals surface area contributed by atoms with E-state index in [-0.39, 0.29) is 17.3 Å².